The van der Waals surface area contributed by atoms with E-state index in [-0.39, 0.29) is 6.10 Å². The Balaban J connectivity index is 2.23. The molecule has 0 aromatic rings. The Bertz CT molecular complexity index is 68.8. The van der Waals surface area contributed by atoms with E-state index in [9.17, 15) is 0 Å². The molecule has 0 saturated carbocycles. The molecule has 0 amide bonds. The fourth-order valence-corrected chi connectivity index (χ4v) is 0.935. The van der Waals surface area contributed by atoms with Gasteiger partial charge in [-0.2, -0.15) is 5.06 Å². The molecule has 8 heavy (non-hydrogen) atoms. The topological polar surface area (TPSA) is 43.7 Å². The average Bonchev–Trinajstić information content (AvgIpc) is 1.64. The molecule has 0 aliphatic carbocycles. The summed E-state index contributed by atoms with van der Waals surface area (Å²) in [6.07, 6.45) is 1.42. The molecule has 0 unspecified atom stereocenters. The first-order valence-corrected chi connectivity index (χ1v) is 2.91. The van der Waals surface area contributed by atoms with Gasteiger partial charge in [0.15, 0.2) is 0 Å². The molecule has 1 fully saturated rings. The first-order chi connectivity index (χ1) is 3.79. The Labute approximate surface area is 48.5 Å². The van der Waals surface area contributed by atoms with E-state index in [2.05, 4.69) is 0 Å². The highest BCUT2D eigenvalue weighted by atomic mass is 16.5. The van der Waals surface area contributed by atoms with E-state index >= 15 is 0 Å². The molecule has 48 valence electrons. The number of β-amino-alcohol motifs (C(OH)–C–C–N with tert-alkyl or cyclic N) is 1. The number of piperidine rings is 1. The monoisotopic (exact) mass is 117 g/mol. The molecule has 0 radical (unpaired) electrons. The number of aliphatic hydroxyl groups excluding tert-OH is 1. The third-order valence-corrected chi connectivity index (χ3v) is 1.38. The van der Waals surface area contributed by atoms with E-state index in [0.29, 0.717) is 13.1 Å². The Morgan fingerprint density at radius 3 is 2.62 bits per heavy atom. The molecule has 1 aliphatic heterocycles. The van der Waals surface area contributed by atoms with Gasteiger partial charge in [-0.15, -0.1) is 0 Å². The standard InChI is InChI=1S/C5H11NO2/c7-5-2-1-3-6(8)4-5/h5,7-8H,1-4H2/t5-/m0/s1. The predicted octanol–water partition coefficient (Wildman–Crippen LogP) is -0.168. The first kappa shape index (κ1) is 6.01. The normalized spacial score (nSPS) is 33.0. The van der Waals surface area contributed by atoms with Crippen LogP contribution in [0.5, 0.6) is 0 Å². The maximum atomic E-state index is 8.88. The van der Waals surface area contributed by atoms with Gasteiger partial charge in [0.2, 0.25) is 0 Å². The molecular weight excluding hydrogens is 106 g/mol. The molecule has 1 atom stereocenters. The van der Waals surface area contributed by atoms with Gasteiger partial charge in [-0.3, -0.25) is 0 Å². The van der Waals surface area contributed by atoms with Crippen LogP contribution in [0.4, 0.5) is 0 Å². The molecule has 3 nitrogen and oxygen atoms in total. The number of hydrogen-bond donors (Lipinski definition) is 2. The maximum absolute atomic E-state index is 8.88. The predicted molar refractivity (Wildman–Crippen MR) is 28.6 cm³/mol. The van der Waals surface area contributed by atoms with Crippen molar-refractivity contribution in [3.63, 3.8) is 0 Å². The van der Waals surface area contributed by atoms with E-state index in [4.69, 9.17) is 10.3 Å². The first-order valence-electron chi connectivity index (χ1n) is 2.91. The van der Waals surface area contributed by atoms with Gasteiger partial charge in [0, 0.05) is 13.1 Å². The largest absolute Gasteiger partial charge is 0.392 e. The zero-order chi connectivity index (χ0) is 5.98. The molecule has 0 aromatic heterocycles. The van der Waals surface area contributed by atoms with E-state index < -0.39 is 0 Å². The number of nitrogens with zero attached hydrogens (tertiary/aromatic N) is 1. The van der Waals surface area contributed by atoms with Crippen molar-refractivity contribution < 1.29 is 10.3 Å². The lowest BCUT2D eigenvalue weighted by Crippen LogP contribution is -2.35. The van der Waals surface area contributed by atoms with Crippen molar-refractivity contribution in [1.82, 2.24) is 5.06 Å². The number of aliphatic hydroxyl groups is 1. The van der Waals surface area contributed by atoms with Crippen LogP contribution in [0.15, 0.2) is 0 Å². The minimum Gasteiger partial charge on any atom is -0.392 e. The van der Waals surface area contributed by atoms with Crippen molar-refractivity contribution >= 4 is 0 Å². The van der Waals surface area contributed by atoms with Crippen molar-refractivity contribution in [1.29, 1.82) is 0 Å². The van der Waals surface area contributed by atoms with E-state index in [1.54, 1.807) is 0 Å². The summed E-state index contributed by atoms with van der Waals surface area (Å²) in [5.41, 5.74) is 0. The highest BCUT2D eigenvalue weighted by molar-refractivity contribution is 4.64. The van der Waals surface area contributed by atoms with Crippen LogP contribution >= 0.6 is 0 Å². The molecule has 1 rings (SSSR count). The smallest absolute Gasteiger partial charge is 0.0690 e. The van der Waals surface area contributed by atoms with Gasteiger partial charge < -0.3 is 10.3 Å². The Morgan fingerprint density at radius 1 is 1.50 bits per heavy atom. The van der Waals surface area contributed by atoms with Crippen molar-refractivity contribution in [3.05, 3.63) is 0 Å². The second kappa shape index (κ2) is 2.44. The zero-order valence-electron chi connectivity index (χ0n) is 4.75. The third kappa shape index (κ3) is 1.43. The van der Waals surface area contributed by atoms with Crippen LogP contribution in [-0.2, 0) is 0 Å². The molecule has 1 heterocycles. The quantitative estimate of drug-likeness (QED) is 0.463. The zero-order valence-corrected chi connectivity index (χ0v) is 4.75. The van der Waals surface area contributed by atoms with Gasteiger partial charge in [0.25, 0.3) is 0 Å². The average molecular weight is 117 g/mol. The Hall–Kier alpha value is -0.120. The van der Waals surface area contributed by atoms with Crippen LogP contribution in [0.1, 0.15) is 12.8 Å². The van der Waals surface area contributed by atoms with Gasteiger partial charge in [-0.1, -0.05) is 0 Å². The SMILES string of the molecule is O[C@H]1CCCN(O)C1. The lowest BCUT2D eigenvalue weighted by atomic mass is 10.1. The Kier molecular flexibility index (Phi) is 1.83. The van der Waals surface area contributed by atoms with Gasteiger partial charge in [-0.05, 0) is 12.8 Å². The summed E-state index contributed by atoms with van der Waals surface area (Å²) in [6.45, 7) is 1.12. The minimum atomic E-state index is -0.311. The molecule has 1 saturated heterocycles. The molecule has 0 bridgehead atoms. The van der Waals surface area contributed by atoms with Crippen molar-refractivity contribution in [2.75, 3.05) is 13.1 Å². The fourth-order valence-electron chi connectivity index (χ4n) is 0.935. The van der Waals surface area contributed by atoms with Crippen LogP contribution in [0.25, 0.3) is 0 Å². The van der Waals surface area contributed by atoms with E-state index in [0.717, 1.165) is 17.9 Å². The Morgan fingerprint density at radius 2 is 2.25 bits per heavy atom. The van der Waals surface area contributed by atoms with Crippen LogP contribution in [0, 0.1) is 0 Å². The van der Waals surface area contributed by atoms with E-state index in [1.807, 2.05) is 0 Å². The summed E-state index contributed by atoms with van der Waals surface area (Å²) in [5, 5.41) is 18.8. The molecule has 3 heteroatoms. The van der Waals surface area contributed by atoms with E-state index in [1.165, 1.54) is 0 Å². The summed E-state index contributed by atoms with van der Waals surface area (Å²) in [6, 6.07) is 0. The number of rotatable bonds is 0. The van der Waals surface area contributed by atoms with Gasteiger partial charge in [0.1, 0.15) is 0 Å². The van der Waals surface area contributed by atoms with Gasteiger partial charge >= 0.3 is 0 Å². The van der Waals surface area contributed by atoms with Crippen LogP contribution in [0.3, 0.4) is 0 Å². The number of hydroxylamine groups is 2. The van der Waals surface area contributed by atoms with Gasteiger partial charge in [-0.25, -0.2) is 0 Å². The van der Waals surface area contributed by atoms with Crippen LogP contribution < -0.4 is 0 Å². The second-order valence-corrected chi connectivity index (χ2v) is 2.21. The lowest BCUT2D eigenvalue weighted by molar-refractivity contribution is -0.131. The fraction of sp³-hybridized carbons (Fsp3) is 1.00. The highest BCUT2D eigenvalue weighted by Gasteiger charge is 2.14. The maximum Gasteiger partial charge on any atom is 0.0690 e. The lowest BCUT2D eigenvalue weighted by Gasteiger charge is -2.23. The summed E-state index contributed by atoms with van der Waals surface area (Å²) in [4.78, 5) is 0. The summed E-state index contributed by atoms with van der Waals surface area (Å²) < 4.78 is 0. The molecule has 1 aliphatic rings. The number of hydrogen-bond acceptors (Lipinski definition) is 3. The molecule has 0 spiro atoms. The van der Waals surface area contributed by atoms with Crippen LogP contribution in [-0.4, -0.2) is 34.6 Å². The summed E-state index contributed by atoms with van der Waals surface area (Å²) in [5.74, 6) is 0. The van der Waals surface area contributed by atoms with Gasteiger partial charge in [0.05, 0.1) is 6.10 Å². The third-order valence-electron chi connectivity index (χ3n) is 1.38. The van der Waals surface area contributed by atoms with Crippen LogP contribution in [0.2, 0.25) is 0 Å². The van der Waals surface area contributed by atoms with Crippen molar-refractivity contribution in [2.45, 2.75) is 18.9 Å². The molecule has 0 aromatic carbocycles. The molecule has 2 N–H and O–H groups in total. The summed E-state index contributed by atoms with van der Waals surface area (Å²) in [7, 11) is 0. The highest BCUT2D eigenvalue weighted by Crippen LogP contribution is 2.05. The summed E-state index contributed by atoms with van der Waals surface area (Å²) >= 11 is 0. The molecular formula is C5H11NO2. The second-order valence-electron chi connectivity index (χ2n) is 2.21. The van der Waals surface area contributed by atoms with Crippen molar-refractivity contribution in [3.8, 4) is 0 Å². The van der Waals surface area contributed by atoms with Crippen molar-refractivity contribution in [2.24, 2.45) is 0 Å². The minimum absolute atomic E-state index is 0.311.